The van der Waals surface area contributed by atoms with Gasteiger partial charge in [-0.25, -0.2) is 4.79 Å². The molecule has 1 atom stereocenters. The SMILES string of the molecule is CC(C)[C@H](OC(=O)c1ccco1)C(=O)NCCc1ccccc1. The third-order valence-corrected chi connectivity index (χ3v) is 3.38. The number of amides is 1. The Labute approximate surface area is 135 Å². The Bertz CT molecular complexity index is 620. The van der Waals surface area contributed by atoms with Gasteiger partial charge in [0.15, 0.2) is 6.10 Å². The van der Waals surface area contributed by atoms with Gasteiger partial charge in [-0.3, -0.25) is 4.79 Å². The Morgan fingerprint density at radius 1 is 1.13 bits per heavy atom. The first-order chi connectivity index (χ1) is 11.1. The predicted molar refractivity (Wildman–Crippen MR) is 85.9 cm³/mol. The molecule has 0 aliphatic carbocycles. The lowest BCUT2D eigenvalue weighted by Gasteiger charge is -2.20. The maximum Gasteiger partial charge on any atom is 0.375 e. The van der Waals surface area contributed by atoms with Crippen molar-refractivity contribution in [2.24, 2.45) is 5.92 Å². The molecule has 0 aliphatic heterocycles. The molecule has 2 aromatic rings. The highest BCUT2D eigenvalue weighted by Gasteiger charge is 2.27. The molecule has 1 aromatic heterocycles. The number of rotatable bonds is 7. The van der Waals surface area contributed by atoms with Crippen molar-refractivity contribution in [2.45, 2.75) is 26.4 Å². The molecular formula is C18H21NO4. The summed E-state index contributed by atoms with van der Waals surface area (Å²) in [4.78, 5) is 24.2. The molecule has 0 saturated heterocycles. The van der Waals surface area contributed by atoms with E-state index >= 15 is 0 Å². The van der Waals surface area contributed by atoms with E-state index in [-0.39, 0.29) is 17.6 Å². The highest BCUT2D eigenvalue weighted by Crippen LogP contribution is 2.11. The molecule has 0 aliphatic rings. The standard InChI is InChI=1S/C18H21NO4/c1-13(2)16(23-18(21)15-9-6-12-22-15)17(20)19-11-10-14-7-4-3-5-8-14/h3-9,12-13,16H,10-11H2,1-2H3,(H,19,20)/t16-/m0/s1. The summed E-state index contributed by atoms with van der Waals surface area (Å²) < 4.78 is 10.3. The number of furan rings is 1. The van der Waals surface area contributed by atoms with Crippen LogP contribution in [0.3, 0.4) is 0 Å². The third-order valence-electron chi connectivity index (χ3n) is 3.38. The summed E-state index contributed by atoms with van der Waals surface area (Å²) >= 11 is 0. The first-order valence-corrected chi connectivity index (χ1v) is 7.64. The van der Waals surface area contributed by atoms with Crippen LogP contribution in [0.1, 0.15) is 30.0 Å². The van der Waals surface area contributed by atoms with Gasteiger partial charge in [0, 0.05) is 6.54 Å². The summed E-state index contributed by atoms with van der Waals surface area (Å²) in [5, 5.41) is 2.82. The van der Waals surface area contributed by atoms with Gasteiger partial charge in [-0.1, -0.05) is 44.2 Å². The van der Waals surface area contributed by atoms with Gasteiger partial charge in [0.1, 0.15) is 0 Å². The first-order valence-electron chi connectivity index (χ1n) is 7.64. The third kappa shape index (κ3) is 4.98. The summed E-state index contributed by atoms with van der Waals surface area (Å²) in [7, 11) is 0. The van der Waals surface area contributed by atoms with Gasteiger partial charge in [0.25, 0.3) is 5.91 Å². The van der Waals surface area contributed by atoms with Gasteiger partial charge in [-0.15, -0.1) is 0 Å². The van der Waals surface area contributed by atoms with Crippen LogP contribution in [0, 0.1) is 5.92 Å². The molecule has 1 N–H and O–H groups in total. The number of hydrogen-bond donors (Lipinski definition) is 1. The van der Waals surface area contributed by atoms with Gasteiger partial charge in [0.05, 0.1) is 6.26 Å². The van der Waals surface area contributed by atoms with Crippen LogP contribution in [-0.2, 0) is 16.0 Å². The zero-order chi connectivity index (χ0) is 16.7. The van der Waals surface area contributed by atoms with Gasteiger partial charge >= 0.3 is 5.97 Å². The first kappa shape index (κ1) is 16.8. The van der Waals surface area contributed by atoms with Crippen LogP contribution >= 0.6 is 0 Å². The topological polar surface area (TPSA) is 68.5 Å². The van der Waals surface area contributed by atoms with Crippen LogP contribution in [-0.4, -0.2) is 24.5 Å². The van der Waals surface area contributed by atoms with Crippen molar-refractivity contribution in [3.8, 4) is 0 Å². The normalized spacial score (nSPS) is 12.0. The van der Waals surface area contributed by atoms with Crippen molar-refractivity contribution in [3.63, 3.8) is 0 Å². The Hall–Kier alpha value is -2.56. The fraction of sp³-hybridized carbons (Fsp3) is 0.333. The predicted octanol–water partition coefficient (Wildman–Crippen LogP) is 2.82. The molecule has 0 unspecified atom stereocenters. The van der Waals surface area contributed by atoms with E-state index in [1.807, 2.05) is 44.2 Å². The lowest BCUT2D eigenvalue weighted by molar-refractivity contribution is -0.132. The monoisotopic (exact) mass is 315 g/mol. The molecule has 0 bridgehead atoms. The molecule has 23 heavy (non-hydrogen) atoms. The number of carbonyl (C=O) groups excluding carboxylic acids is 2. The van der Waals surface area contributed by atoms with E-state index in [2.05, 4.69) is 5.32 Å². The van der Waals surface area contributed by atoms with Crippen molar-refractivity contribution in [1.82, 2.24) is 5.32 Å². The molecule has 0 fully saturated rings. The number of ether oxygens (including phenoxy) is 1. The second kappa shape index (κ2) is 8.17. The average Bonchev–Trinajstić information content (AvgIpc) is 3.07. The van der Waals surface area contributed by atoms with Gasteiger partial charge in [-0.2, -0.15) is 0 Å². The molecule has 122 valence electrons. The van der Waals surface area contributed by atoms with E-state index < -0.39 is 12.1 Å². The number of nitrogens with one attached hydrogen (secondary N) is 1. The second-order valence-electron chi connectivity index (χ2n) is 5.57. The second-order valence-corrected chi connectivity index (χ2v) is 5.57. The van der Waals surface area contributed by atoms with Gasteiger partial charge in [0.2, 0.25) is 5.76 Å². The van der Waals surface area contributed by atoms with Gasteiger partial charge in [-0.05, 0) is 30.0 Å². The molecule has 5 heteroatoms. The van der Waals surface area contributed by atoms with Crippen molar-refractivity contribution in [1.29, 1.82) is 0 Å². The van der Waals surface area contributed by atoms with E-state index in [0.29, 0.717) is 6.54 Å². The van der Waals surface area contributed by atoms with Crippen LogP contribution in [0.4, 0.5) is 0 Å². The summed E-state index contributed by atoms with van der Waals surface area (Å²) in [5.41, 5.74) is 1.14. The zero-order valence-electron chi connectivity index (χ0n) is 13.3. The maximum atomic E-state index is 12.3. The van der Waals surface area contributed by atoms with Crippen LogP contribution in [0.15, 0.2) is 53.1 Å². The fourth-order valence-electron chi connectivity index (χ4n) is 2.14. The molecule has 0 spiro atoms. The summed E-state index contributed by atoms with van der Waals surface area (Å²) in [6, 6.07) is 13.0. The lowest BCUT2D eigenvalue weighted by atomic mass is 10.1. The number of benzene rings is 1. The van der Waals surface area contributed by atoms with E-state index in [1.165, 1.54) is 12.3 Å². The zero-order valence-corrected chi connectivity index (χ0v) is 13.3. The van der Waals surface area contributed by atoms with Crippen molar-refractivity contribution in [3.05, 3.63) is 60.1 Å². The van der Waals surface area contributed by atoms with E-state index in [9.17, 15) is 9.59 Å². The van der Waals surface area contributed by atoms with E-state index in [4.69, 9.17) is 9.15 Å². The quantitative estimate of drug-likeness (QED) is 0.798. The minimum atomic E-state index is -0.844. The van der Waals surface area contributed by atoms with Crippen molar-refractivity contribution in [2.75, 3.05) is 6.54 Å². The molecule has 1 aromatic carbocycles. The van der Waals surface area contributed by atoms with Crippen molar-refractivity contribution < 1.29 is 18.7 Å². The molecule has 1 amide bonds. The number of esters is 1. The largest absolute Gasteiger partial charge is 0.457 e. The Morgan fingerprint density at radius 3 is 2.48 bits per heavy atom. The molecule has 2 rings (SSSR count). The smallest absolute Gasteiger partial charge is 0.375 e. The number of carbonyl (C=O) groups is 2. The molecule has 5 nitrogen and oxygen atoms in total. The summed E-state index contributed by atoms with van der Waals surface area (Å²) in [6.45, 7) is 4.15. The summed E-state index contributed by atoms with van der Waals surface area (Å²) in [6.07, 6.45) is 1.27. The fourth-order valence-corrected chi connectivity index (χ4v) is 2.14. The molecule has 0 saturated carbocycles. The minimum Gasteiger partial charge on any atom is -0.457 e. The number of hydrogen-bond acceptors (Lipinski definition) is 4. The van der Waals surface area contributed by atoms with Gasteiger partial charge < -0.3 is 14.5 Å². The summed E-state index contributed by atoms with van der Waals surface area (Å²) in [5.74, 6) is -0.971. The van der Waals surface area contributed by atoms with E-state index in [0.717, 1.165) is 12.0 Å². The van der Waals surface area contributed by atoms with Crippen molar-refractivity contribution >= 4 is 11.9 Å². The van der Waals surface area contributed by atoms with Crippen LogP contribution < -0.4 is 5.32 Å². The lowest BCUT2D eigenvalue weighted by Crippen LogP contribution is -2.41. The average molecular weight is 315 g/mol. The Kier molecular flexibility index (Phi) is 5.97. The Balaban J connectivity index is 1.87. The van der Waals surface area contributed by atoms with E-state index in [1.54, 1.807) is 6.07 Å². The highest BCUT2D eigenvalue weighted by atomic mass is 16.6. The van der Waals surface area contributed by atoms with Crippen LogP contribution in [0.2, 0.25) is 0 Å². The minimum absolute atomic E-state index is 0.0905. The Morgan fingerprint density at radius 2 is 1.87 bits per heavy atom. The molecule has 0 radical (unpaired) electrons. The molecule has 1 heterocycles. The molecular weight excluding hydrogens is 294 g/mol. The highest BCUT2D eigenvalue weighted by molar-refractivity contribution is 5.90. The van der Waals surface area contributed by atoms with Crippen LogP contribution in [0.5, 0.6) is 0 Å². The maximum absolute atomic E-state index is 12.3. The van der Waals surface area contributed by atoms with Crippen LogP contribution in [0.25, 0.3) is 0 Å².